The molecule has 26 heavy (non-hydrogen) atoms. The van der Waals surface area contributed by atoms with E-state index >= 15 is 0 Å². The van der Waals surface area contributed by atoms with Crippen molar-refractivity contribution in [3.05, 3.63) is 52.1 Å². The van der Waals surface area contributed by atoms with E-state index in [1.54, 1.807) is 6.07 Å². The van der Waals surface area contributed by atoms with E-state index in [0.717, 1.165) is 18.8 Å². The molecule has 0 unspecified atom stereocenters. The number of aromatic nitrogens is 2. The lowest BCUT2D eigenvalue weighted by Gasteiger charge is -2.27. The minimum Gasteiger partial charge on any atom is -0.378 e. The maximum Gasteiger partial charge on any atom is 0.225 e. The van der Waals surface area contributed by atoms with Gasteiger partial charge in [0.1, 0.15) is 5.82 Å². The Morgan fingerprint density at radius 2 is 2.12 bits per heavy atom. The Kier molecular flexibility index (Phi) is 6.00. The molecule has 2 aromatic rings. The van der Waals surface area contributed by atoms with E-state index in [-0.39, 0.29) is 29.5 Å². The van der Waals surface area contributed by atoms with E-state index < -0.39 is 5.82 Å². The second-order valence-corrected chi connectivity index (χ2v) is 6.46. The number of carbonyl (C=O) groups excluding carboxylic acids is 1. The smallest absolute Gasteiger partial charge is 0.225 e. The Morgan fingerprint density at radius 1 is 1.35 bits per heavy atom. The van der Waals surface area contributed by atoms with Crippen LogP contribution in [-0.2, 0) is 22.5 Å². The number of hydrogen-bond acceptors (Lipinski definition) is 5. The van der Waals surface area contributed by atoms with Crippen LogP contribution in [0.1, 0.15) is 17.0 Å². The minimum absolute atomic E-state index is 0.119. The number of nitrogens with zero attached hydrogens (tertiary/aromatic N) is 3. The highest BCUT2D eigenvalue weighted by Gasteiger charge is 2.16. The quantitative estimate of drug-likeness (QED) is 0.864. The second-order valence-electron chi connectivity index (χ2n) is 6.05. The number of anilines is 1. The van der Waals surface area contributed by atoms with Crippen LogP contribution in [0.5, 0.6) is 0 Å². The molecule has 1 aliphatic rings. The number of ether oxygens (including phenoxy) is 1. The SMILES string of the molecule is Cc1cc(CNC(=O)Cc2c(F)cccc2Cl)nc(N2CCOCC2)n1. The summed E-state index contributed by atoms with van der Waals surface area (Å²) in [6.45, 7) is 4.89. The number of hydrogen-bond donors (Lipinski definition) is 1. The summed E-state index contributed by atoms with van der Waals surface area (Å²) >= 11 is 5.96. The van der Waals surface area contributed by atoms with Crippen LogP contribution in [0.4, 0.5) is 10.3 Å². The van der Waals surface area contributed by atoms with Gasteiger partial charge in [0.15, 0.2) is 0 Å². The van der Waals surface area contributed by atoms with Crippen LogP contribution < -0.4 is 10.2 Å². The van der Waals surface area contributed by atoms with Gasteiger partial charge in [0, 0.05) is 29.4 Å². The van der Waals surface area contributed by atoms with E-state index in [9.17, 15) is 9.18 Å². The second kappa shape index (κ2) is 8.42. The largest absolute Gasteiger partial charge is 0.378 e. The number of amides is 1. The Hall–Kier alpha value is -2.25. The Bertz CT molecular complexity index is 777. The molecule has 1 N–H and O–H groups in total. The molecule has 1 aromatic carbocycles. The maximum absolute atomic E-state index is 13.8. The van der Waals surface area contributed by atoms with Gasteiger partial charge in [-0.25, -0.2) is 14.4 Å². The van der Waals surface area contributed by atoms with Crippen molar-refractivity contribution in [2.45, 2.75) is 19.9 Å². The normalized spacial score (nSPS) is 14.3. The monoisotopic (exact) mass is 378 g/mol. The molecule has 6 nitrogen and oxygen atoms in total. The van der Waals surface area contributed by atoms with E-state index in [1.807, 2.05) is 13.0 Å². The van der Waals surface area contributed by atoms with Gasteiger partial charge in [0.05, 0.1) is 31.9 Å². The minimum atomic E-state index is -0.486. The van der Waals surface area contributed by atoms with E-state index in [2.05, 4.69) is 20.2 Å². The van der Waals surface area contributed by atoms with Gasteiger partial charge in [-0.3, -0.25) is 4.79 Å². The number of benzene rings is 1. The lowest BCUT2D eigenvalue weighted by Crippen LogP contribution is -2.37. The van der Waals surface area contributed by atoms with Crippen molar-refractivity contribution in [3.63, 3.8) is 0 Å². The Balaban J connectivity index is 1.63. The fourth-order valence-corrected chi connectivity index (χ4v) is 2.96. The van der Waals surface area contributed by atoms with Crippen molar-refractivity contribution in [2.24, 2.45) is 0 Å². The number of halogens is 2. The van der Waals surface area contributed by atoms with E-state index in [0.29, 0.717) is 24.9 Å². The summed E-state index contributed by atoms with van der Waals surface area (Å²) in [7, 11) is 0. The molecule has 0 aliphatic carbocycles. The van der Waals surface area contributed by atoms with Crippen LogP contribution in [0.25, 0.3) is 0 Å². The van der Waals surface area contributed by atoms with Gasteiger partial charge in [-0.2, -0.15) is 0 Å². The van der Waals surface area contributed by atoms with Crippen molar-refractivity contribution >= 4 is 23.5 Å². The topological polar surface area (TPSA) is 67.4 Å². The molecule has 0 radical (unpaired) electrons. The lowest BCUT2D eigenvalue weighted by molar-refractivity contribution is -0.120. The van der Waals surface area contributed by atoms with Crippen molar-refractivity contribution in [1.82, 2.24) is 15.3 Å². The van der Waals surface area contributed by atoms with Gasteiger partial charge >= 0.3 is 0 Å². The first-order valence-electron chi connectivity index (χ1n) is 8.40. The fourth-order valence-electron chi connectivity index (χ4n) is 2.73. The van der Waals surface area contributed by atoms with Crippen LogP contribution in [0.3, 0.4) is 0 Å². The predicted molar refractivity (Wildman–Crippen MR) is 96.8 cm³/mol. The van der Waals surface area contributed by atoms with Gasteiger partial charge in [0.25, 0.3) is 0 Å². The van der Waals surface area contributed by atoms with Crippen molar-refractivity contribution < 1.29 is 13.9 Å². The highest BCUT2D eigenvalue weighted by Crippen LogP contribution is 2.19. The highest BCUT2D eigenvalue weighted by molar-refractivity contribution is 6.31. The summed E-state index contributed by atoms with van der Waals surface area (Å²) in [5, 5.41) is 3.00. The molecule has 138 valence electrons. The van der Waals surface area contributed by atoms with E-state index in [1.165, 1.54) is 12.1 Å². The van der Waals surface area contributed by atoms with Crippen molar-refractivity contribution in [3.8, 4) is 0 Å². The van der Waals surface area contributed by atoms with E-state index in [4.69, 9.17) is 16.3 Å². The lowest BCUT2D eigenvalue weighted by atomic mass is 10.1. The van der Waals surface area contributed by atoms with Gasteiger partial charge in [0.2, 0.25) is 11.9 Å². The van der Waals surface area contributed by atoms with Crippen molar-refractivity contribution in [1.29, 1.82) is 0 Å². The van der Waals surface area contributed by atoms with Crippen LogP contribution in [0, 0.1) is 12.7 Å². The summed E-state index contributed by atoms with van der Waals surface area (Å²) in [6, 6.07) is 6.18. The third-order valence-electron chi connectivity index (χ3n) is 4.06. The zero-order valence-electron chi connectivity index (χ0n) is 14.5. The Labute approximate surface area is 156 Å². The van der Waals surface area contributed by atoms with Crippen molar-refractivity contribution in [2.75, 3.05) is 31.2 Å². The maximum atomic E-state index is 13.8. The molecular weight excluding hydrogens is 359 g/mol. The Morgan fingerprint density at radius 3 is 2.85 bits per heavy atom. The molecule has 8 heteroatoms. The average molecular weight is 379 g/mol. The zero-order chi connectivity index (χ0) is 18.5. The van der Waals surface area contributed by atoms with Gasteiger partial charge < -0.3 is 15.0 Å². The van der Waals surface area contributed by atoms with Gasteiger partial charge in [-0.05, 0) is 25.1 Å². The first kappa shape index (κ1) is 18.5. The molecule has 0 spiro atoms. The standard InChI is InChI=1S/C18H20ClFN4O2/c1-12-9-13(23-18(22-12)24-5-7-26-8-6-24)11-21-17(25)10-14-15(19)3-2-4-16(14)20/h2-4,9H,5-8,10-11H2,1H3,(H,21,25). The summed E-state index contributed by atoms with van der Waals surface area (Å²) in [5.41, 5.74) is 1.72. The first-order chi connectivity index (χ1) is 12.5. The molecule has 0 atom stereocenters. The molecule has 0 saturated carbocycles. The molecule has 0 bridgehead atoms. The molecule has 1 fully saturated rings. The summed E-state index contributed by atoms with van der Waals surface area (Å²) in [4.78, 5) is 23.2. The number of carbonyl (C=O) groups is 1. The third-order valence-corrected chi connectivity index (χ3v) is 4.41. The van der Waals surface area contributed by atoms with Crippen LogP contribution in [-0.4, -0.2) is 42.2 Å². The fraction of sp³-hybridized carbons (Fsp3) is 0.389. The van der Waals surface area contributed by atoms with Crippen LogP contribution >= 0.6 is 11.6 Å². The molecule has 2 heterocycles. The van der Waals surface area contributed by atoms with Gasteiger partial charge in [-0.1, -0.05) is 17.7 Å². The van der Waals surface area contributed by atoms with Crippen LogP contribution in [0.2, 0.25) is 5.02 Å². The first-order valence-corrected chi connectivity index (χ1v) is 8.77. The molecule has 1 aliphatic heterocycles. The molecule has 1 aromatic heterocycles. The van der Waals surface area contributed by atoms with Crippen LogP contribution in [0.15, 0.2) is 24.3 Å². The van der Waals surface area contributed by atoms with Gasteiger partial charge in [-0.15, -0.1) is 0 Å². The average Bonchev–Trinajstić information content (AvgIpc) is 2.63. The highest BCUT2D eigenvalue weighted by atomic mass is 35.5. The number of morpholine rings is 1. The number of nitrogens with one attached hydrogen (secondary N) is 1. The molecular formula is C18H20ClFN4O2. The summed E-state index contributed by atoms with van der Waals surface area (Å²) in [6.07, 6.45) is -0.119. The summed E-state index contributed by atoms with van der Waals surface area (Å²) in [5.74, 6) is -0.170. The molecule has 3 rings (SSSR count). The molecule has 1 saturated heterocycles. The number of aryl methyl sites for hydroxylation is 1. The zero-order valence-corrected chi connectivity index (χ0v) is 15.2. The summed E-state index contributed by atoms with van der Waals surface area (Å²) < 4.78 is 19.1. The predicted octanol–water partition coefficient (Wildman–Crippen LogP) is 2.27. The molecule has 1 amide bonds. The number of rotatable bonds is 5. The third kappa shape index (κ3) is 4.68.